The van der Waals surface area contributed by atoms with Crippen LogP contribution in [0.2, 0.25) is 0 Å². The van der Waals surface area contributed by atoms with Gasteiger partial charge in [0.1, 0.15) is 0 Å². The second-order valence-corrected chi connectivity index (χ2v) is 5.87. The first-order valence-electron chi connectivity index (χ1n) is 6.36. The smallest absolute Gasteiger partial charge is 0.307 e. The lowest BCUT2D eigenvalue weighted by Gasteiger charge is -2.07. The van der Waals surface area contributed by atoms with Crippen molar-refractivity contribution in [2.75, 3.05) is 19.7 Å². The molecule has 0 aliphatic carbocycles. The van der Waals surface area contributed by atoms with E-state index in [1.54, 1.807) is 18.2 Å². The lowest BCUT2D eigenvalue weighted by Crippen LogP contribution is -2.30. The van der Waals surface area contributed by atoms with Gasteiger partial charge in [0, 0.05) is 6.54 Å². The Balaban J connectivity index is 2.31. The number of carbonyl (C=O) groups is 2. The Labute approximate surface area is 129 Å². The fourth-order valence-corrected chi connectivity index (χ4v) is 2.44. The van der Waals surface area contributed by atoms with Crippen LogP contribution in [0, 0.1) is 12.3 Å². The zero-order valence-electron chi connectivity index (χ0n) is 11.7. The van der Waals surface area contributed by atoms with E-state index in [-0.39, 0.29) is 24.4 Å². The number of amides is 1. The summed E-state index contributed by atoms with van der Waals surface area (Å²) in [7, 11) is -3.66. The van der Waals surface area contributed by atoms with Gasteiger partial charge in [0.15, 0.2) is 6.61 Å². The maximum Gasteiger partial charge on any atom is 0.307 e. The predicted octanol–water partition coefficient (Wildman–Crippen LogP) is -0.352. The Morgan fingerprint density at radius 2 is 1.91 bits per heavy atom. The molecule has 1 aromatic rings. The van der Waals surface area contributed by atoms with Crippen molar-refractivity contribution in [1.29, 1.82) is 0 Å². The van der Waals surface area contributed by atoms with E-state index in [0.717, 1.165) is 0 Å². The number of terminal acetylenes is 1. The molecule has 8 heteroatoms. The molecule has 1 rings (SSSR count). The summed E-state index contributed by atoms with van der Waals surface area (Å²) in [4.78, 5) is 22.6. The van der Waals surface area contributed by atoms with Crippen molar-refractivity contribution in [3.8, 4) is 12.3 Å². The first-order valence-corrected chi connectivity index (χ1v) is 7.84. The van der Waals surface area contributed by atoms with Crippen LogP contribution in [0.25, 0.3) is 0 Å². The van der Waals surface area contributed by atoms with Crippen LogP contribution >= 0.6 is 0 Å². The molecule has 0 aromatic heterocycles. The van der Waals surface area contributed by atoms with Gasteiger partial charge < -0.3 is 10.1 Å². The minimum absolute atomic E-state index is 0.0489. The van der Waals surface area contributed by atoms with Crippen molar-refractivity contribution in [1.82, 2.24) is 10.0 Å². The molecule has 0 aliphatic rings. The zero-order valence-corrected chi connectivity index (χ0v) is 12.6. The van der Waals surface area contributed by atoms with Crippen molar-refractivity contribution in [2.45, 2.75) is 11.3 Å². The summed E-state index contributed by atoms with van der Waals surface area (Å²) in [6.07, 6.45) is 4.76. The molecule has 0 aliphatic heterocycles. The van der Waals surface area contributed by atoms with Gasteiger partial charge in [-0.2, -0.15) is 0 Å². The van der Waals surface area contributed by atoms with Gasteiger partial charge in [-0.15, -0.1) is 6.42 Å². The molecule has 1 aromatic carbocycles. The molecule has 0 saturated carbocycles. The summed E-state index contributed by atoms with van der Waals surface area (Å²) in [6.45, 7) is -0.527. The van der Waals surface area contributed by atoms with E-state index in [0.29, 0.717) is 0 Å². The summed E-state index contributed by atoms with van der Waals surface area (Å²) in [5, 5.41) is 2.33. The number of esters is 1. The van der Waals surface area contributed by atoms with Gasteiger partial charge in [-0.25, -0.2) is 13.1 Å². The second-order valence-electron chi connectivity index (χ2n) is 4.10. The van der Waals surface area contributed by atoms with E-state index in [1.165, 1.54) is 12.1 Å². The van der Waals surface area contributed by atoms with Gasteiger partial charge in [-0.1, -0.05) is 24.1 Å². The third-order valence-corrected chi connectivity index (χ3v) is 3.90. The van der Waals surface area contributed by atoms with Gasteiger partial charge in [0.2, 0.25) is 10.0 Å². The van der Waals surface area contributed by atoms with E-state index >= 15 is 0 Å². The van der Waals surface area contributed by atoms with Crippen LogP contribution in [0.15, 0.2) is 35.2 Å². The highest BCUT2D eigenvalue weighted by Crippen LogP contribution is 2.06. The van der Waals surface area contributed by atoms with Crippen LogP contribution in [0.1, 0.15) is 6.42 Å². The molecule has 0 fully saturated rings. The summed E-state index contributed by atoms with van der Waals surface area (Å²) in [5.74, 6) is 0.998. The molecule has 0 radical (unpaired) electrons. The van der Waals surface area contributed by atoms with Gasteiger partial charge >= 0.3 is 5.97 Å². The molecule has 7 nitrogen and oxygen atoms in total. The monoisotopic (exact) mass is 324 g/mol. The fourth-order valence-electron chi connectivity index (χ4n) is 1.39. The van der Waals surface area contributed by atoms with Gasteiger partial charge in [-0.05, 0) is 12.1 Å². The van der Waals surface area contributed by atoms with E-state index < -0.39 is 28.5 Å². The molecule has 0 saturated heterocycles. The third kappa shape index (κ3) is 6.39. The molecule has 0 heterocycles. The Hall–Kier alpha value is -2.37. The summed E-state index contributed by atoms with van der Waals surface area (Å²) >= 11 is 0. The zero-order chi connectivity index (χ0) is 16.4. The Morgan fingerprint density at radius 3 is 2.55 bits per heavy atom. The van der Waals surface area contributed by atoms with Crippen LogP contribution in [-0.4, -0.2) is 40.0 Å². The summed E-state index contributed by atoms with van der Waals surface area (Å²) in [6, 6.07) is 7.77. The highest BCUT2D eigenvalue weighted by Gasteiger charge is 2.14. The number of sulfonamides is 1. The average Bonchev–Trinajstić information content (AvgIpc) is 2.51. The van der Waals surface area contributed by atoms with Crippen LogP contribution in [-0.2, 0) is 24.3 Å². The average molecular weight is 324 g/mol. The van der Waals surface area contributed by atoms with E-state index in [4.69, 9.17) is 6.42 Å². The van der Waals surface area contributed by atoms with Crippen molar-refractivity contribution < 1.29 is 22.7 Å². The van der Waals surface area contributed by atoms with Crippen molar-refractivity contribution in [2.24, 2.45) is 0 Å². The molecule has 118 valence electrons. The number of hydrogen-bond acceptors (Lipinski definition) is 5. The highest BCUT2D eigenvalue weighted by atomic mass is 32.2. The number of rotatable bonds is 8. The van der Waals surface area contributed by atoms with Gasteiger partial charge in [0.25, 0.3) is 5.91 Å². The van der Waals surface area contributed by atoms with Crippen molar-refractivity contribution in [3.63, 3.8) is 0 Å². The number of nitrogens with one attached hydrogen (secondary N) is 2. The summed E-state index contributed by atoms with van der Waals surface area (Å²) < 4.78 is 30.6. The van der Waals surface area contributed by atoms with E-state index in [1.807, 2.05) is 0 Å². The number of carbonyl (C=O) groups excluding carboxylic acids is 2. The molecule has 0 atom stereocenters. The van der Waals surface area contributed by atoms with Crippen molar-refractivity contribution >= 4 is 21.9 Å². The van der Waals surface area contributed by atoms with Gasteiger partial charge in [-0.3, -0.25) is 9.59 Å². The molecule has 0 spiro atoms. The van der Waals surface area contributed by atoms with E-state index in [2.05, 4.69) is 20.7 Å². The first-order chi connectivity index (χ1) is 10.5. The third-order valence-electron chi connectivity index (χ3n) is 2.43. The quantitative estimate of drug-likeness (QED) is 0.503. The van der Waals surface area contributed by atoms with Crippen molar-refractivity contribution in [3.05, 3.63) is 30.3 Å². The molecule has 2 N–H and O–H groups in total. The fraction of sp³-hybridized carbons (Fsp3) is 0.286. The lowest BCUT2D eigenvalue weighted by molar-refractivity contribution is -0.148. The summed E-state index contributed by atoms with van der Waals surface area (Å²) in [5.41, 5.74) is 0. The molecular weight excluding hydrogens is 308 g/mol. The topological polar surface area (TPSA) is 102 Å². The lowest BCUT2D eigenvalue weighted by atomic mass is 10.4. The normalized spacial score (nSPS) is 10.5. The number of ether oxygens (including phenoxy) is 1. The molecule has 0 bridgehead atoms. The molecule has 22 heavy (non-hydrogen) atoms. The Morgan fingerprint density at radius 1 is 1.23 bits per heavy atom. The van der Waals surface area contributed by atoms with Crippen LogP contribution in [0.4, 0.5) is 0 Å². The maximum absolute atomic E-state index is 11.9. The van der Waals surface area contributed by atoms with Crippen LogP contribution in [0.3, 0.4) is 0 Å². The highest BCUT2D eigenvalue weighted by molar-refractivity contribution is 7.89. The first kappa shape index (κ1) is 17.7. The van der Waals surface area contributed by atoms with Gasteiger partial charge in [0.05, 0.1) is 17.9 Å². The Bertz CT molecular complexity index is 650. The second kappa shape index (κ2) is 8.81. The predicted molar refractivity (Wildman–Crippen MR) is 79.0 cm³/mol. The van der Waals surface area contributed by atoms with Crippen LogP contribution < -0.4 is 10.0 Å². The number of benzene rings is 1. The van der Waals surface area contributed by atoms with Crippen LogP contribution in [0.5, 0.6) is 0 Å². The minimum Gasteiger partial charge on any atom is -0.456 e. The van der Waals surface area contributed by atoms with E-state index in [9.17, 15) is 18.0 Å². The Kier molecular flexibility index (Phi) is 7.08. The molecule has 1 amide bonds. The molecular formula is C14H16N2O5S. The number of hydrogen-bond donors (Lipinski definition) is 2. The minimum atomic E-state index is -3.66. The SMILES string of the molecule is C#CCNC(=O)COC(=O)CCNS(=O)(=O)c1ccccc1. The largest absolute Gasteiger partial charge is 0.456 e. The maximum atomic E-state index is 11.9. The molecule has 0 unspecified atom stereocenters. The standard InChI is InChI=1S/C14H16N2O5S/c1-2-9-15-13(17)11-21-14(18)8-10-16-22(19,20)12-6-4-3-5-7-12/h1,3-7,16H,8-11H2,(H,15,17).